The molecule has 0 aliphatic carbocycles. The van der Waals surface area contributed by atoms with Crippen molar-refractivity contribution in [3.05, 3.63) is 23.5 Å². The molecule has 0 radical (unpaired) electrons. The normalized spacial score (nSPS) is 20.9. The predicted octanol–water partition coefficient (Wildman–Crippen LogP) is 0.537. The van der Waals surface area contributed by atoms with E-state index in [1.54, 1.807) is 0 Å². The summed E-state index contributed by atoms with van der Waals surface area (Å²) in [5, 5.41) is 0. The number of hydrogen-bond donors (Lipinski definition) is 1. The molecule has 2 aliphatic heterocycles. The Bertz CT molecular complexity index is 462. The van der Waals surface area contributed by atoms with Crippen molar-refractivity contribution in [2.24, 2.45) is 0 Å². The molecule has 1 aromatic heterocycles. The van der Waals surface area contributed by atoms with Gasteiger partial charge in [0.1, 0.15) is 0 Å². The van der Waals surface area contributed by atoms with Gasteiger partial charge in [-0.2, -0.15) is 0 Å². The number of nitrogens with one attached hydrogen (secondary N) is 1. The molecule has 0 aromatic carbocycles. The summed E-state index contributed by atoms with van der Waals surface area (Å²) in [7, 11) is 2.16. The van der Waals surface area contributed by atoms with Gasteiger partial charge in [-0.1, -0.05) is 0 Å². The highest BCUT2D eigenvalue weighted by Gasteiger charge is 2.22. The molecule has 0 bridgehead atoms. The number of hydrogen-bond acceptors (Lipinski definition) is 3. The lowest BCUT2D eigenvalue weighted by Crippen LogP contribution is -2.46. The molecular weight excluding hydrogens is 252 g/mol. The lowest BCUT2D eigenvalue weighted by Gasteiger charge is -2.33. The van der Waals surface area contributed by atoms with Crippen molar-refractivity contribution in [3.8, 4) is 0 Å². The molecule has 5 heteroatoms. The molecule has 2 aliphatic rings. The number of carbonyl (C=O) groups is 1. The number of rotatable bonds is 3. The third kappa shape index (κ3) is 3.04. The van der Waals surface area contributed by atoms with Gasteiger partial charge in [0, 0.05) is 70.5 Å². The molecule has 110 valence electrons. The van der Waals surface area contributed by atoms with Gasteiger partial charge in [0.2, 0.25) is 5.91 Å². The molecular formula is C15H24N4O. The molecule has 3 heterocycles. The highest BCUT2D eigenvalue weighted by atomic mass is 16.2. The first-order chi connectivity index (χ1) is 9.72. The number of H-pyrrole nitrogens is 1. The Labute approximate surface area is 120 Å². The molecule has 1 amide bonds. The van der Waals surface area contributed by atoms with Gasteiger partial charge >= 0.3 is 0 Å². The molecule has 20 heavy (non-hydrogen) atoms. The summed E-state index contributed by atoms with van der Waals surface area (Å²) in [5.41, 5.74) is 2.58. The number of fused-ring (bicyclic) bond motifs is 1. The Morgan fingerprint density at radius 1 is 1.25 bits per heavy atom. The maximum atomic E-state index is 12.3. The fourth-order valence-electron chi connectivity index (χ4n) is 3.04. The van der Waals surface area contributed by atoms with Crippen LogP contribution in [0.3, 0.4) is 0 Å². The lowest BCUT2D eigenvalue weighted by molar-refractivity contribution is -0.132. The average Bonchev–Trinajstić information content (AvgIpc) is 2.93. The van der Waals surface area contributed by atoms with Gasteiger partial charge < -0.3 is 19.7 Å². The molecule has 0 atom stereocenters. The second kappa shape index (κ2) is 5.97. The molecule has 0 unspecified atom stereocenters. The molecule has 1 aromatic rings. The van der Waals surface area contributed by atoms with E-state index in [4.69, 9.17) is 0 Å². The van der Waals surface area contributed by atoms with Gasteiger partial charge in [-0.15, -0.1) is 0 Å². The van der Waals surface area contributed by atoms with Crippen molar-refractivity contribution in [1.82, 2.24) is 19.7 Å². The van der Waals surface area contributed by atoms with Crippen LogP contribution in [0, 0.1) is 0 Å². The molecule has 1 saturated heterocycles. The van der Waals surface area contributed by atoms with Crippen LogP contribution in [0.15, 0.2) is 12.3 Å². The Kier molecular flexibility index (Phi) is 4.08. The van der Waals surface area contributed by atoms with E-state index < -0.39 is 0 Å². The van der Waals surface area contributed by atoms with Gasteiger partial charge in [0.15, 0.2) is 0 Å². The maximum absolute atomic E-state index is 12.3. The number of carbonyl (C=O) groups excluding carboxylic acids is 1. The van der Waals surface area contributed by atoms with Crippen LogP contribution in [0.25, 0.3) is 0 Å². The fourth-order valence-corrected chi connectivity index (χ4v) is 3.04. The second-order valence-corrected chi connectivity index (χ2v) is 5.94. The van der Waals surface area contributed by atoms with Crippen molar-refractivity contribution in [3.63, 3.8) is 0 Å². The van der Waals surface area contributed by atoms with Gasteiger partial charge in [-0.3, -0.25) is 4.79 Å². The Balaban J connectivity index is 1.46. The molecule has 5 nitrogen and oxygen atoms in total. The zero-order chi connectivity index (χ0) is 13.9. The summed E-state index contributed by atoms with van der Waals surface area (Å²) in [6.45, 7) is 6.95. The van der Waals surface area contributed by atoms with Crippen molar-refractivity contribution in [2.45, 2.75) is 19.4 Å². The van der Waals surface area contributed by atoms with Gasteiger partial charge in [-0.25, -0.2) is 0 Å². The number of nitrogens with zero attached hydrogens (tertiary/aromatic N) is 3. The van der Waals surface area contributed by atoms with Gasteiger partial charge in [0.05, 0.1) is 0 Å². The predicted molar refractivity (Wildman–Crippen MR) is 78.5 cm³/mol. The number of likely N-dealkylation sites (N-methyl/N-ethyl adjacent to an activating group) is 1. The summed E-state index contributed by atoms with van der Waals surface area (Å²) in [5.74, 6) is 0.302. The van der Waals surface area contributed by atoms with Gasteiger partial charge in [-0.05, 0) is 18.7 Å². The Hall–Kier alpha value is -1.33. The van der Waals surface area contributed by atoms with E-state index in [1.165, 1.54) is 11.3 Å². The van der Waals surface area contributed by atoms with Gasteiger partial charge in [0.25, 0.3) is 0 Å². The van der Waals surface area contributed by atoms with Crippen LogP contribution in [0.5, 0.6) is 0 Å². The van der Waals surface area contributed by atoms with Crippen molar-refractivity contribution < 1.29 is 4.79 Å². The maximum Gasteiger partial charge on any atom is 0.224 e. The average molecular weight is 276 g/mol. The third-order valence-corrected chi connectivity index (χ3v) is 4.51. The highest BCUT2D eigenvalue weighted by Crippen LogP contribution is 2.18. The van der Waals surface area contributed by atoms with Crippen LogP contribution in [0.2, 0.25) is 0 Å². The first-order valence-corrected chi connectivity index (χ1v) is 7.56. The summed E-state index contributed by atoms with van der Waals surface area (Å²) in [6, 6.07) is 2.09. The lowest BCUT2D eigenvalue weighted by atomic mass is 10.1. The van der Waals surface area contributed by atoms with Crippen LogP contribution < -0.4 is 0 Å². The van der Waals surface area contributed by atoms with E-state index in [1.807, 2.05) is 11.1 Å². The topological polar surface area (TPSA) is 42.6 Å². The van der Waals surface area contributed by atoms with Crippen LogP contribution in [0.4, 0.5) is 0 Å². The molecule has 3 rings (SSSR count). The summed E-state index contributed by atoms with van der Waals surface area (Å²) in [6.07, 6.45) is 3.59. The van der Waals surface area contributed by atoms with Crippen molar-refractivity contribution in [1.29, 1.82) is 0 Å². The van der Waals surface area contributed by atoms with E-state index >= 15 is 0 Å². The monoisotopic (exact) mass is 276 g/mol. The third-order valence-electron chi connectivity index (χ3n) is 4.51. The number of amides is 1. The fraction of sp³-hybridized carbons (Fsp3) is 0.667. The standard InChI is InChI=1S/C15H24N4O/c1-17-8-10-18(11-9-17)6-4-15(20)19-7-3-14-13(12-19)2-5-16-14/h2,5,16H,3-4,6-12H2,1H3. The van der Waals surface area contributed by atoms with Crippen LogP contribution >= 0.6 is 0 Å². The first-order valence-electron chi connectivity index (χ1n) is 7.56. The van der Waals surface area contributed by atoms with Crippen LogP contribution in [-0.2, 0) is 17.8 Å². The molecule has 1 N–H and O–H groups in total. The SMILES string of the molecule is CN1CCN(CCC(=O)N2CCc3[nH]ccc3C2)CC1. The summed E-state index contributed by atoms with van der Waals surface area (Å²) < 4.78 is 0. The second-order valence-electron chi connectivity index (χ2n) is 5.94. The zero-order valence-electron chi connectivity index (χ0n) is 12.3. The summed E-state index contributed by atoms with van der Waals surface area (Å²) >= 11 is 0. The van der Waals surface area contributed by atoms with E-state index in [9.17, 15) is 4.79 Å². The number of aromatic nitrogens is 1. The quantitative estimate of drug-likeness (QED) is 0.876. The Morgan fingerprint density at radius 3 is 2.85 bits per heavy atom. The number of aromatic amines is 1. The number of piperazine rings is 1. The Morgan fingerprint density at radius 2 is 2.05 bits per heavy atom. The van der Waals surface area contributed by atoms with E-state index in [0.717, 1.165) is 52.2 Å². The minimum absolute atomic E-state index is 0.302. The smallest absolute Gasteiger partial charge is 0.224 e. The first kappa shape index (κ1) is 13.6. The minimum Gasteiger partial charge on any atom is -0.365 e. The minimum atomic E-state index is 0.302. The van der Waals surface area contributed by atoms with Crippen LogP contribution in [0.1, 0.15) is 17.7 Å². The largest absolute Gasteiger partial charge is 0.365 e. The van der Waals surface area contributed by atoms with E-state index in [0.29, 0.717) is 12.3 Å². The van der Waals surface area contributed by atoms with Crippen molar-refractivity contribution in [2.75, 3.05) is 46.3 Å². The molecule has 0 saturated carbocycles. The summed E-state index contributed by atoms with van der Waals surface area (Å²) in [4.78, 5) is 22.3. The van der Waals surface area contributed by atoms with E-state index in [2.05, 4.69) is 27.9 Å². The highest BCUT2D eigenvalue weighted by molar-refractivity contribution is 5.76. The van der Waals surface area contributed by atoms with Crippen molar-refractivity contribution >= 4 is 5.91 Å². The molecule has 0 spiro atoms. The zero-order valence-corrected chi connectivity index (χ0v) is 12.3. The molecule has 1 fully saturated rings. The van der Waals surface area contributed by atoms with Crippen LogP contribution in [-0.4, -0.2) is 71.9 Å². The van der Waals surface area contributed by atoms with E-state index in [-0.39, 0.29) is 0 Å².